The first-order chi connectivity index (χ1) is 16.4. The van der Waals surface area contributed by atoms with E-state index in [1.165, 1.54) is 11.3 Å². The molecule has 2 unspecified atom stereocenters. The molecule has 0 saturated heterocycles. The number of ketones is 2. The second-order valence-corrected chi connectivity index (χ2v) is 9.81. The average Bonchev–Trinajstić information content (AvgIpc) is 3.23. The molecule has 0 bridgehead atoms. The van der Waals surface area contributed by atoms with Gasteiger partial charge in [-0.15, -0.1) is 0 Å². The van der Waals surface area contributed by atoms with Crippen LogP contribution in [0, 0.1) is 11.8 Å². The number of benzene rings is 1. The van der Waals surface area contributed by atoms with Gasteiger partial charge in [-0.1, -0.05) is 0 Å². The van der Waals surface area contributed by atoms with E-state index < -0.39 is 52.3 Å². The number of carbonyl (C=O) groups is 3. The van der Waals surface area contributed by atoms with Crippen LogP contribution in [-0.2, 0) is 20.8 Å². The molecule has 0 radical (unpaired) electrons. The van der Waals surface area contributed by atoms with E-state index in [0.717, 1.165) is 11.3 Å². The Bertz CT molecular complexity index is 1390. The summed E-state index contributed by atoms with van der Waals surface area (Å²) >= 11 is 0. The lowest BCUT2D eigenvalue weighted by atomic mass is 9.57. The summed E-state index contributed by atoms with van der Waals surface area (Å²) in [4.78, 5) is 46.6. The number of aliphatic hydroxyl groups excluding tert-OH is 2. The maximum Gasteiger partial charge on any atom is 0.255 e. The largest absolute Gasteiger partial charge is 0.508 e. The number of nitrogens with zero attached hydrogens (tertiary/aromatic N) is 3. The number of hydrogen-bond donors (Lipinski definition) is 4. The van der Waals surface area contributed by atoms with E-state index in [1.807, 2.05) is 25.1 Å². The van der Waals surface area contributed by atoms with E-state index in [1.54, 1.807) is 14.1 Å². The van der Waals surface area contributed by atoms with Crippen LogP contribution in [-0.4, -0.2) is 82.5 Å². The van der Waals surface area contributed by atoms with Crippen molar-refractivity contribution in [1.82, 2.24) is 9.88 Å². The molecule has 0 aliphatic heterocycles. The minimum Gasteiger partial charge on any atom is -0.508 e. The minimum atomic E-state index is -2.61. The zero-order valence-corrected chi connectivity index (χ0v) is 19.7. The maximum absolute atomic E-state index is 13.9. The molecule has 11 nitrogen and oxygen atoms in total. The third kappa shape index (κ3) is 2.85. The molecule has 3 aliphatic rings. The molecule has 3 aliphatic carbocycles. The minimum absolute atomic E-state index is 0.0903. The van der Waals surface area contributed by atoms with E-state index in [2.05, 4.69) is 4.98 Å². The fourth-order valence-corrected chi connectivity index (χ4v) is 6.01. The van der Waals surface area contributed by atoms with Crippen molar-refractivity contribution >= 4 is 40.0 Å². The van der Waals surface area contributed by atoms with Crippen molar-refractivity contribution < 1.29 is 34.1 Å². The molecule has 4 atom stereocenters. The van der Waals surface area contributed by atoms with Gasteiger partial charge in [0.1, 0.15) is 22.6 Å². The van der Waals surface area contributed by atoms with Gasteiger partial charge in [0.15, 0.2) is 23.4 Å². The van der Waals surface area contributed by atoms with Crippen molar-refractivity contribution in [2.24, 2.45) is 17.6 Å². The van der Waals surface area contributed by atoms with Crippen LogP contribution >= 0.6 is 0 Å². The Labute approximate surface area is 200 Å². The quantitative estimate of drug-likeness (QED) is 0.451. The number of aliphatic hydroxyl groups is 3. The number of oxazole rings is 1. The van der Waals surface area contributed by atoms with Crippen LogP contribution in [0.4, 0.5) is 5.69 Å². The van der Waals surface area contributed by atoms with Gasteiger partial charge in [-0.3, -0.25) is 19.3 Å². The summed E-state index contributed by atoms with van der Waals surface area (Å²) in [5, 5.41) is 34.0. The number of Topliss-reactive ketones (excluding diaryl/α,β-unsaturated/α-hetero) is 2. The molecule has 11 heteroatoms. The van der Waals surface area contributed by atoms with Crippen LogP contribution in [0.25, 0.3) is 16.9 Å². The third-order valence-electron chi connectivity index (χ3n) is 7.50. The first-order valence-electron chi connectivity index (χ1n) is 11.1. The normalized spacial score (nSPS) is 28.3. The Morgan fingerprint density at radius 3 is 2.51 bits per heavy atom. The molecule has 1 saturated carbocycles. The van der Waals surface area contributed by atoms with E-state index in [-0.39, 0.29) is 17.8 Å². The second-order valence-electron chi connectivity index (χ2n) is 9.81. The highest BCUT2D eigenvalue weighted by molar-refractivity contribution is 6.24. The lowest BCUT2D eigenvalue weighted by Crippen LogP contribution is -2.65. The number of likely N-dealkylation sites (N-methyl/N-ethyl adjacent to an activating group) is 1. The first kappa shape index (κ1) is 23.1. The summed E-state index contributed by atoms with van der Waals surface area (Å²) in [5.41, 5.74) is 4.43. The molecule has 0 spiro atoms. The smallest absolute Gasteiger partial charge is 0.255 e. The summed E-state index contributed by atoms with van der Waals surface area (Å²) in [5.74, 6) is -6.05. The van der Waals surface area contributed by atoms with Crippen LogP contribution in [0.3, 0.4) is 0 Å². The summed E-state index contributed by atoms with van der Waals surface area (Å²) in [6, 6.07) is 0.745. The monoisotopic (exact) mass is 482 g/mol. The van der Waals surface area contributed by atoms with Gasteiger partial charge in [-0.05, 0) is 44.5 Å². The lowest BCUT2D eigenvalue weighted by Gasteiger charge is -2.50. The number of nitrogens with two attached hydrogens (primary N) is 1. The van der Waals surface area contributed by atoms with Gasteiger partial charge in [0.05, 0.1) is 11.6 Å². The number of rotatable bonds is 3. The SMILES string of the molecule is CN(C)c1cc2ncoc2c2c1CC1CC3[C@H](N(C)C)C(=O)C(C(N)=O)=C(O)[C@@]3(O)C(=O)C1=C2O. The van der Waals surface area contributed by atoms with Gasteiger partial charge in [-0.25, -0.2) is 4.98 Å². The van der Waals surface area contributed by atoms with Crippen LogP contribution in [0.15, 0.2) is 33.8 Å². The van der Waals surface area contributed by atoms with Crippen LogP contribution in [0.2, 0.25) is 0 Å². The van der Waals surface area contributed by atoms with Crippen molar-refractivity contribution in [3.05, 3.63) is 40.5 Å². The average molecular weight is 482 g/mol. The molecule has 184 valence electrons. The van der Waals surface area contributed by atoms with E-state index in [4.69, 9.17) is 10.2 Å². The Morgan fingerprint density at radius 1 is 1.23 bits per heavy atom. The van der Waals surface area contributed by atoms with Gasteiger partial charge in [0.2, 0.25) is 5.78 Å². The van der Waals surface area contributed by atoms with Gasteiger partial charge in [-0.2, -0.15) is 0 Å². The van der Waals surface area contributed by atoms with Gasteiger partial charge >= 0.3 is 0 Å². The fraction of sp³-hybridized carbons (Fsp3) is 0.417. The number of hydrogen-bond acceptors (Lipinski definition) is 10. The van der Waals surface area contributed by atoms with Gasteiger partial charge in [0.25, 0.3) is 5.91 Å². The Kier molecular flexibility index (Phi) is 4.87. The third-order valence-corrected chi connectivity index (χ3v) is 7.50. The molecule has 35 heavy (non-hydrogen) atoms. The highest BCUT2D eigenvalue weighted by Gasteiger charge is 2.64. The van der Waals surface area contributed by atoms with Crippen molar-refractivity contribution in [2.75, 3.05) is 33.1 Å². The van der Waals surface area contributed by atoms with E-state index >= 15 is 0 Å². The predicted molar refractivity (Wildman–Crippen MR) is 124 cm³/mol. The number of anilines is 1. The van der Waals surface area contributed by atoms with Crippen molar-refractivity contribution in [3.63, 3.8) is 0 Å². The standard InChI is InChI=1S/C24H26N4O7/c1-27(2)13-7-12-20(35-8-26-12)15-10(13)5-9-6-11-17(28(3)4)19(30)16(23(25)33)22(32)24(11,34)21(31)14(9)18(15)29/h7-9,11,17,29,32,34H,5-6H2,1-4H3,(H2,25,33)/t9?,11?,17-,24-/m0/s1. The molecule has 1 aromatic heterocycles. The second kappa shape index (κ2) is 7.40. The molecule has 1 amide bonds. The molecule has 1 aromatic carbocycles. The maximum atomic E-state index is 13.9. The summed E-state index contributed by atoms with van der Waals surface area (Å²) in [7, 11) is 6.85. The summed E-state index contributed by atoms with van der Waals surface area (Å²) < 4.78 is 5.53. The van der Waals surface area contributed by atoms with Crippen molar-refractivity contribution in [1.29, 1.82) is 0 Å². The topological polar surface area (TPSA) is 170 Å². The number of amides is 1. The Morgan fingerprint density at radius 2 is 1.91 bits per heavy atom. The molecular weight excluding hydrogens is 456 g/mol. The van der Waals surface area contributed by atoms with E-state index in [0.29, 0.717) is 23.1 Å². The summed E-state index contributed by atoms with van der Waals surface area (Å²) in [6.45, 7) is 0. The molecule has 5 N–H and O–H groups in total. The number of fused-ring (bicyclic) bond motifs is 5. The Balaban J connectivity index is 1.79. The molecule has 2 aromatic rings. The van der Waals surface area contributed by atoms with Gasteiger partial charge < -0.3 is 30.4 Å². The highest BCUT2D eigenvalue weighted by Crippen LogP contribution is 2.53. The highest BCUT2D eigenvalue weighted by atomic mass is 16.4. The van der Waals surface area contributed by atoms with Gasteiger partial charge in [0, 0.05) is 31.3 Å². The fourth-order valence-electron chi connectivity index (χ4n) is 6.01. The number of aromatic nitrogens is 1. The number of carbonyl (C=O) groups excluding carboxylic acids is 3. The molecule has 5 rings (SSSR count). The predicted octanol–water partition coefficient (Wildman–Crippen LogP) is 0.466. The van der Waals surface area contributed by atoms with Crippen LogP contribution < -0.4 is 10.6 Å². The van der Waals surface area contributed by atoms with Crippen LogP contribution in [0.5, 0.6) is 0 Å². The zero-order chi connectivity index (χ0) is 25.6. The zero-order valence-electron chi connectivity index (χ0n) is 19.7. The van der Waals surface area contributed by atoms with Crippen molar-refractivity contribution in [2.45, 2.75) is 24.5 Å². The number of primary amides is 1. The molecular formula is C24H26N4O7. The van der Waals surface area contributed by atoms with Crippen LogP contribution in [0.1, 0.15) is 17.5 Å². The summed E-state index contributed by atoms with van der Waals surface area (Å²) in [6.07, 6.45) is 1.65. The first-order valence-corrected chi connectivity index (χ1v) is 11.1. The van der Waals surface area contributed by atoms with E-state index in [9.17, 15) is 29.7 Å². The molecule has 1 fully saturated rings. The molecule has 1 heterocycles. The van der Waals surface area contributed by atoms with Crippen molar-refractivity contribution in [3.8, 4) is 0 Å². The lowest BCUT2D eigenvalue weighted by molar-refractivity contribution is -0.153. The Hall–Kier alpha value is -3.70.